The van der Waals surface area contributed by atoms with E-state index in [9.17, 15) is 9.59 Å². The molecule has 0 spiro atoms. The molecule has 1 amide bonds. The van der Waals surface area contributed by atoms with Gasteiger partial charge in [-0.2, -0.15) is 0 Å². The molecule has 1 unspecified atom stereocenters. The van der Waals surface area contributed by atoms with Crippen LogP contribution in [0.1, 0.15) is 24.6 Å². The fourth-order valence-corrected chi connectivity index (χ4v) is 1.95. The van der Waals surface area contributed by atoms with Crippen LogP contribution in [0.2, 0.25) is 0 Å². The molecule has 0 aromatic carbocycles. The minimum atomic E-state index is -1.14. The van der Waals surface area contributed by atoms with Crippen molar-refractivity contribution >= 4 is 34.8 Å². The summed E-state index contributed by atoms with van der Waals surface area (Å²) in [7, 11) is 0. The Morgan fingerprint density at radius 2 is 2.31 bits per heavy atom. The number of carboxylic acids is 1. The van der Waals surface area contributed by atoms with Crippen LogP contribution >= 0.6 is 22.9 Å². The molecule has 1 heterocycles. The van der Waals surface area contributed by atoms with Gasteiger partial charge in [0.1, 0.15) is 4.87 Å². The van der Waals surface area contributed by atoms with E-state index in [0.29, 0.717) is 18.5 Å². The molecule has 0 saturated heterocycles. The van der Waals surface area contributed by atoms with Crippen LogP contribution in [0.15, 0.2) is 10.9 Å². The Morgan fingerprint density at radius 1 is 1.62 bits per heavy atom. The van der Waals surface area contributed by atoms with Crippen molar-refractivity contribution in [1.82, 2.24) is 10.3 Å². The molecule has 0 bridgehead atoms. The number of nitrogens with one attached hydrogen (secondary N) is 1. The first kappa shape index (κ1) is 11.3. The van der Waals surface area contributed by atoms with Gasteiger partial charge in [-0.05, 0) is 12.8 Å². The van der Waals surface area contributed by atoms with E-state index < -0.39 is 22.8 Å². The van der Waals surface area contributed by atoms with E-state index in [0.717, 1.165) is 0 Å². The van der Waals surface area contributed by atoms with Crippen LogP contribution in [0.4, 0.5) is 0 Å². The number of aliphatic carboxylic acids is 1. The number of thiazole rings is 1. The molecule has 1 atom stereocenters. The minimum Gasteiger partial charge on any atom is -0.479 e. The summed E-state index contributed by atoms with van der Waals surface area (Å²) in [4.78, 5) is 25.6. The SMILES string of the molecule is O=C(O)C(NC(=O)C1(Cl)CC1)c1cscn1. The van der Waals surface area contributed by atoms with Crippen molar-refractivity contribution in [3.05, 3.63) is 16.6 Å². The summed E-state index contributed by atoms with van der Waals surface area (Å²) >= 11 is 7.16. The van der Waals surface area contributed by atoms with Crippen LogP contribution in [0.5, 0.6) is 0 Å². The third-order valence-electron chi connectivity index (χ3n) is 2.37. The second kappa shape index (κ2) is 4.03. The summed E-state index contributed by atoms with van der Waals surface area (Å²) < 4.78 is 0. The smallest absolute Gasteiger partial charge is 0.332 e. The maximum Gasteiger partial charge on any atom is 0.332 e. The lowest BCUT2D eigenvalue weighted by Gasteiger charge is -2.14. The Bertz CT molecular complexity index is 416. The Balaban J connectivity index is 2.10. The summed E-state index contributed by atoms with van der Waals surface area (Å²) in [5, 5.41) is 13.0. The van der Waals surface area contributed by atoms with Gasteiger partial charge in [-0.3, -0.25) is 4.79 Å². The highest BCUT2D eigenvalue weighted by molar-refractivity contribution is 7.07. The van der Waals surface area contributed by atoms with Crippen LogP contribution in [-0.4, -0.2) is 26.8 Å². The quantitative estimate of drug-likeness (QED) is 0.796. The Kier molecular flexibility index (Phi) is 2.86. The number of amides is 1. The number of hydrogen-bond acceptors (Lipinski definition) is 4. The second-order valence-corrected chi connectivity index (χ2v) is 5.07. The highest BCUT2D eigenvalue weighted by Crippen LogP contribution is 2.43. The van der Waals surface area contributed by atoms with Gasteiger partial charge in [0.05, 0.1) is 11.2 Å². The van der Waals surface area contributed by atoms with Crippen LogP contribution < -0.4 is 5.32 Å². The van der Waals surface area contributed by atoms with Crippen molar-refractivity contribution in [2.45, 2.75) is 23.8 Å². The maximum absolute atomic E-state index is 11.6. The molecule has 1 fully saturated rings. The van der Waals surface area contributed by atoms with E-state index in [1.165, 1.54) is 16.8 Å². The molecule has 2 rings (SSSR count). The van der Waals surface area contributed by atoms with Gasteiger partial charge in [0.2, 0.25) is 5.91 Å². The Hall–Kier alpha value is -1.14. The number of alkyl halides is 1. The van der Waals surface area contributed by atoms with Gasteiger partial charge in [0, 0.05) is 5.38 Å². The Morgan fingerprint density at radius 3 is 2.75 bits per heavy atom. The van der Waals surface area contributed by atoms with Gasteiger partial charge in [-0.15, -0.1) is 22.9 Å². The fourth-order valence-electron chi connectivity index (χ4n) is 1.22. The molecule has 1 saturated carbocycles. The minimum absolute atomic E-state index is 0.326. The molecule has 0 aliphatic heterocycles. The van der Waals surface area contributed by atoms with Crippen LogP contribution in [0.25, 0.3) is 0 Å². The topological polar surface area (TPSA) is 79.3 Å². The molecule has 7 heteroatoms. The van der Waals surface area contributed by atoms with E-state index in [1.54, 1.807) is 5.38 Å². The standard InChI is InChI=1S/C9H9ClN2O3S/c10-9(1-2-9)8(15)12-6(7(13)14)5-3-16-4-11-5/h3-4,6H,1-2H2,(H,12,15)(H,13,14). The first-order chi connectivity index (χ1) is 7.53. The highest BCUT2D eigenvalue weighted by atomic mass is 35.5. The molecule has 1 aliphatic carbocycles. The fraction of sp³-hybridized carbons (Fsp3) is 0.444. The van der Waals surface area contributed by atoms with Crippen LogP contribution in [0, 0.1) is 0 Å². The summed E-state index contributed by atoms with van der Waals surface area (Å²) in [5.74, 6) is -1.57. The lowest BCUT2D eigenvalue weighted by molar-refractivity contribution is -0.142. The molecule has 0 radical (unpaired) electrons. The second-order valence-electron chi connectivity index (χ2n) is 3.62. The van der Waals surface area contributed by atoms with Gasteiger partial charge in [0.25, 0.3) is 0 Å². The maximum atomic E-state index is 11.6. The number of rotatable bonds is 4. The van der Waals surface area contributed by atoms with Crippen LogP contribution in [0.3, 0.4) is 0 Å². The van der Waals surface area contributed by atoms with Gasteiger partial charge >= 0.3 is 5.97 Å². The molecular formula is C9H9ClN2O3S. The number of aromatic nitrogens is 1. The van der Waals surface area contributed by atoms with Gasteiger partial charge in [-0.25, -0.2) is 9.78 Å². The normalized spacial score (nSPS) is 18.8. The number of carboxylic acid groups (broad SMARTS) is 1. The zero-order valence-corrected chi connectivity index (χ0v) is 9.72. The lowest BCUT2D eigenvalue weighted by atomic mass is 10.2. The molecular weight excluding hydrogens is 252 g/mol. The molecule has 86 valence electrons. The summed E-state index contributed by atoms with van der Waals surface area (Å²) in [6.45, 7) is 0. The lowest BCUT2D eigenvalue weighted by Crippen LogP contribution is -2.39. The van der Waals surface area contributed by atoms with Crippen LogP contribution in [-0.2, 0) is 9.59 Å². The molecule has 1 aromatic heterocycles. The third-order valence-corrected chi connectivity index (χ3v) is 3.52. The Labute approximate surface area is 100 Å². The van der Waals surface area contributed by atoms with E-state index in [2.05, 4.69) is 10.3 Å². The average Bonchev–Trinajstić information content (AvgIpc) is 2.80. The summed E-state index contributed by atoms with van der Waals surface area (Å²) in [5.41, 5.74) is 1.84. The van der Waals surface area contributed by atoms with Crippen molar-refractivity contribution in [2.24, 2.45) is 0 Å². The van der Waals surface area contributed by atoms with Crippen molar-refractivity contribution < 1.29 is 14.7 Å². The highest BCUT2D eigenvalue weighted by Gasteiger charge is 2.49. The molecule has 5 nitrogen and oxygen atoms in total. The largest absolute Gasteiger partial charge is 0.479 e. The summed E-state index contributed by atoms with van der Waals surface area (Å²) in [6.07, 6.45) is 1.17. The first-order valence-electron chi connectivity index (χ1n) is 4.64. The van der Waals surface area contributed by atoms with Crippen molar-refractivity contribution in [3.63, 3.8) is 0 Å². The van der Waals surface area contributed by atoms with Crippen molar-refractivity contribution in [1.29, 1.82) is 0 Å². The van der Waals surface area contributed by atoms with Crippen molar-refractivity contribution in [3.8, 4) is 0 Å². The van der Waals surface area contributed by atoms with Crippen molar-refractivity contribution in [2.75, 3.05) is 0 Å². The molecule has 16 heavy (non-hydrogen) atoms. The van der Waals surface area contributed by atoms with E-state index >= 15 is 0 Å². The monoisotopic (exact) mass is 260 g/mol. The van der Waals surface area contributed by atoms with E-state index in [4.69, 9.17) is 16.7 Å². The average molecular weight is 261 g/mol. The number of hydrogen-bond donors (Lipinski definition) is 2. The predicted octanol–water partition coefficient (Wildman–Crippen LogP) is 1.16. The number of carbonyl (C=O) groups excluding carboxylic acids is 1. The first-order valence-corrected chi connectivity index (χ1v) is 5.96. The molecule has 2 N–H and O–H groups in total. The van der Waals surface area contributed by atoms with Gasteiger partial charge in [0.15, 0.2) is 6.04 Å². The summed E-state index contributed by atoms with van der Waals surface area (Å²) in [6, 6.07) is -1.12. The third kappa shape index (κ3) is 2.17. The van der Waals surface area contributed by atoms with E-state index in [1.807, 2.05) is 0 Å². The van der Waals surface area contributed by atoms with E-state index in [-0.39, 0.29) is 0 Å². The van der Waals surface area contributed by atoms with Gasteiger partial charge in [-0.1, -0.05) is 0 Å². The molecule has 1 aliphatic rings. The zero-order chi connectivity index (χ0) is 11.8. The number of carbonyl (C=O) groups is 2. The molecule has 1 aromatic rings. The predicted molar refractivity (Wildman–Crippen MR) is 58.5 cm³/mol. The number of halogens is 1. The number of nitrogens with zero attached hydrogens (tertiary/aromatic N) is 1. The van der Waals surface area contributed by atoms with Gasteiger partial charge < -0.3 is 10.4 Å². The zero-order valence-electron chi connectivity index (χ0n) is 8.14.